The predicted octanol–water partition coefficient (Wildman–Crippen LogP) is -11.0. The van der Waals surface area contributed by atoms with Crippen LogP contribution in [0.5, 0.6) is 0 Å². The molecule has 5 aliphatic carbocycles. The van der Waals surface area contributed by atoms with Crippen LogP contribution in [0.1, 0.15) is 78.1 Å². The van der Waals surface area contributed by atoms with E-state index in [2.05, 4.69) is 13.5 Å². The van der Waals surface area contributed by atoms with Gasteiger partial charge in [-0.1, -0.05) is 19.9 Å². The molecule has 0 aromatic carbocycles. The number of aliphatic hydroxyl groups excluding tert-OH is 23. The molecule has 6 heterocycles. The monoisotopic (exact) mass is 1450 g/mol. The molecule has 37 unspecified atom stereocenters. The fourth-order valence-corrected chi connectivity index (χ4v) is 18.3. The Balaban J connectivity index is 0.890. The van der Waals surface area contributed by atoms with Crippen LogP contribution in [0.25, 0.3) is 0 Å². The topological polar surface area (TPSA) is 602 Å². The van der Waals surface area contributed by atoms with Gasteiger partial charge in [0.15, 0.2) is 37.6 Å². The Kier molecular flexibility index (Phi) is 24.6. The molecule has 5 saturated carbocycles. The van der Waals surface area contributed by atoms with Crippen molar-refractivity contribution >= 4 is 5.97 Å². The minimum atomic E-state index is -2.10. The summed E-state index contributed by atoms with van der Waals surface area (Å²) in [6, 6.07) is 0. The SMILES string of the molecule is C=C1C[C@@]23CCC4[C@](C)(C(=O)OC5OC(CO)C(O)C(OC6OC(CO)C(O)C(O)C6O)C5OC5OC(CO)C(O)C(O)C5O)CCC[C@@]4(C)[C@@H]2CCC1(OC1OC(COC2OC(CO)C(O)C(O)C2O)C(O)C(OC2OC(CO)C(O)C(O)C2O)C1OC1CC(CO)C(O)C(O)C1O)C3. The first kappa shape index (κ1) is 78.9. The van der Waals surface area contributed by atoms with Crippen LogP contribution in [0, 0.1) is 34.0 Å². The maximum Gasteiger partial charge on any atom is 0.314 e. The Morgan fingerprint density at radius 1 is 0.430 bits per heavy atom. The van der Waals surface area contributed by atoms with E-state index in [9.17, 15) is 117 Å². The number of rotatable bonds is 21. The summed E-state index contributed by atoms with van der Waals surface area (Å²) in [6.45, 7) is 2.35. The van der Waals surface area contributed by atoms with Gasteiger partial charge < -0.3 is 179 Å². The van der Waals surface area contributed by atoms with Crippen molar-refractivity contribution in [1.29, 1.82) is 0 Å². The molecule has 6 aliphatic heterocycles. The van der Waals surface area contributed by atoms with E-state index < -0.39 is 295 Å². The second-order valence-corrected chi connectivity index (χ2v) is 29.8. The van der Waals surface area contributed by atoms with Crippen molar-refractivity contribution in [3.8, 4) is 0 Å². The third-order valence-electron chi connectivity index (χ3n) is 23.9. The van der Waals surface area contributed by atoms with Crippen molar-refractivity contribution in [3.05, 3.63) is 12.2 Å². The normalized spacial score (nSPS) is 54.5. The van der Waals surface area contributed by atoms with E-state index in [1.807, 2.05) is 0 Å². The van der Waals surface area contributed by atoms with Crippen molar-refractivity contribution in [1.82, 2.24) is 0 Å². The summed E-state index contributed by atoms with van der Waals surface area (Å²) in [5.41, 5.74) is -3.57. The molecule has 0 aromatic rings. The summed E-state index contributed by atoms with van der Waals surface area (Å²) >= 11 is 0. The highest BCUT2D eigenvalue weighted by molar-refractivity contribution is 5.77. The summed E-state index contributed by atoms with van der Waals surface area (Å²) in [5.74, 6) is -2.68. The number of esters is 1. The van der Waals surface area contributed by atoms with Gasteiger partial charge in [0.05, 0.1) is 62.9 Å². The van der Waals surface area contributed by atoms with Gasteiger partial charge in [-0.25, -0.2) is 0 Å². The van der Waals surface area contributed by atoms with Crippen molar-refractivity contribution in [3.63, 3.8) is 0 Å². The lowest BCUT2D eigenvalue weighted by atomic mass is 9.41. The summed E-state index contributed by atoms with van der Waals surface area (Å²) in [4.78, 5) is 15.5. The van der Waals surface area contributed by atoms with Crippen LogP contribution in [0.2, 0.25) is 0 Å². The van der Waals surface area contributed by atoms with Gasteiger partial charge >= 0.3 is 5.97 Å². The predicted molar refractivity (Wildman–Crippen MR) is 320 cm³/mol. The van der Waals surface area contributed by atoms with E-state index >= 15 is 4.79 Å². The number of carbonyl (C=O) groups is 1. The molecule has 2 bridgehead atoms. The van der Waals surface area contributed by atoms with Crippen molar-refractivity contribution in [2.75, 3.05) is 46.2 Å². The van der Waals surface area contributed by atoms with Crippen molar-refractivity contribution < 1.29 is 184 Å². The van der Waals surface area contributed by atoms with Gasteiger partial charge in [-0.05, 0) is 93.0 Å². The average molecular weight is 1450 g/mol. The number of ether oxygens (including phenoxy) is 13. The van der Waals surface area contributed by atoms with E-state index in [4.69, 9.17) is 61.6 Å². The Bertz CT molecular complexity index is 2720. The number of hydrogen-bond acceptors (Lipinski definition) is 37. The maximum atomic E-state index is 15.5. The minimum absolute atomic E-state index is 0.179. The fraction of sp³-hybridized carbons (Fsp3) is 0.952. The minimum Gasteiger partial charge on any atom is -0.432 e. The first-order valence-corrected chi connectivity index (χ1v) is 34.3. The first-order chi connectivity index (χ1) is 47.3. The van der Waals surface area contributed by atoms with Crippen LogP contribution in [0.15, 0.2) is 12.2 Å². The molecule has 37 nitrogen and oxygen atoms in total. The number of carbonyl (C=O) groups excluding carboxylic acids is 1. The molecular formula is C63H102O37. The van der Waals surface area contributed by atoms with E-state index in [0.29, 0.717) is 44.1 Å². The Morgan fingerprint density at radius 2 is 0.850 bits per heavy atom. The van der Waals surface area contributed by atoms with Crippen LogP contribution < -0.4 is 0 Å². The number of hydrogen-bond donors (Lipinski definition) is 23. The van der Waals surface area contributed by atoms with Crippen LogP contribution in [0.4, 0.5) is 0 Å². The van der Waals surface area contributed by atoms with Gasteiger partial charge in [0, 0.05) is 12.5 Å². The van der Waals surface area contributed by atoms with E-state index in [0.717, 1.165) is 0 Å². The Labute approximate surface area is 573 Å². The molecule has 0 aromatic heterocycles. The average Bonchev–Trinajstić information content (AvgIpc) is 1.44. The first-order valence-electron chi connectivity index (χ1n) is 34.3. The largest absolute Gasteiger partial charge is 0.432 e. The molecule has 11 aliphatic rings. The van der Waals surface area contributed by atoms with Gasteiger partial charge in [-0.3, -0.25) is 4.79 Å². The van der Waals surface area contributed by atoms with E-state index in [1.54, 1.807) is 6.92 Å². The number of aliphatic hydroxyl groups is 23. The van der Waals surface area contributed by atoms with Crippen LogP contribution in [-0.4, -0.2) is 384 Å². The van der Waals surface area contributed by atoms with Gasteiger partial charge in [0.25, 0.3) is 0 Å². The smallest absolute Gasteiger partial charge is 0.314 e. The molecule has 23 N–H and O–H groups in total. The second kappa shape index (κ2) is 31.2. The summed E-state index contributed by atoms with van der Waals surface area (Å²) in [5, 5.41) is 250. The third kappa shape index (κ3) is 14.1. The molecule has 0 amide bonds. The molecule has 576 valence electrons. The van der Waals surface area contributed by atoms with Gasteiger partial charge in [-0.2, -0.15) is 0 Å². The molecule has 37 heteroatoms. The van der Waals surface area contributed by atoms with Crippen LogP contribution >= 0.6 is 0 Å². The molecule has 0 radical (unpaired) electrons. The fourth-order valence-electron chi connectivity index (χ4n) is 18.3. The van der Waals surface area contributed by atoms with Crippen molar-refractivity contribution in [2.24, 2.45) is 34.0 Å². The molecule has 11 fully saturated rings. The quantitative estimate of drug-likeness (QED) is 0.0288. The lowest BCUT2D eigenvalue weighted by Gasteiger charge is -2.64. The molecule has 1 spiro atoms. The van der Waals surface area contributed by atoms with E-state index in [1.165, 1.54) is 0 Å². The van der Waals surface area contributed by atoms with Crippen molar-refractivity contribution in [2.45, 2.75) is 292 Å². The second-order valence-electron chi connectivity index (χ2n) is 29.8. The molecule has 11 rings (SSSR count). The Morgan fingerprint density at radius 3 is 1.35 bits per heavy atom. The van der Waals surface area contributed by atoms with Crippen LogP contribution in [-0.2, 0) is 66.4 Å². The lowest BCUT2D eigenvalue weighted by Crippen LogP contribution is -2.68. The van der Waals surface area contributed by atoms with Gasteiger partial charge in [0.1, 0.15) is 153 Å². The highest BCUT2D eigenvalue weighted by Gasteiger charge is 2.70. The summed E-state index contributed by atoms with van der Waals surface area (Å²) in [7, 11) is 0. The highest BCUT2D eigenvalue weighted by atomic mass is 16.8. The van der Waals surface area contributed by atoms with Gasteiger partial charge in [-0.15, -0.1) is 0 Å². The summed E-state index contributed by atoms with van der Waals surface area (Å²) < 4.78 is 80.0. The number of fused-ring (bicyclic) bond motifs is 3. The van der Waals surface area contributed by atoms with E-state index in [-0.39, 0.29) is 31.6 Å². The standard InChI is InChI=1S/C63H102O37/c1-21-12-62-9-5-30-60(2,7-4-8-61(30,3)59(87)99-57-51(98-56-48(86)44(82)37(75)27(17-68)93-56)49(38(76)28(18-69)94-57)96-54-46(84)42(80)35(73)25(15-66)91-54)31(62)6-10-63(21,20-62)100-58-52(89-23-11-22(13-64)32(70)40(78)33(23)71)50(97-55-47(85)43(81)36(74)26(16-67)92-55)39(77)29(95-58)19-88-53-45(83)41(79)34(72)24(14-65)90-53/h22-58,64-86H,1,4-20H2,2-3H3/t22?,23?,24?,25?,26?,27?,28?,29?,30?,31-,32?,33?,34?,35?,36?,37?,38?,39?,40?,41?,42?,43?,44?,45?,46?,47?,48?,49?,50?,51?,52?,53?,54?,55?,56?,57?,58?,60+,61+,62+,63?/m0/s1. The summed E-state index contributed by atoms with van der Waals surface area (Å²) in [6.07, 6.45) is -60.6. The highest BCUT2D eigenvalue weighted by Crippen LogP contribution is 2.74. The zero-order chi connectivity index (χ0) is 72.7. The molecular weight excluding hydrogens is 1350 g/mol. The maximum absolute atomic E-state index is 15.5. The molecule has 100 heavy (non-hydrogen) atoms. The molecule has 41 atom stereocenters. The molecule has 6 saturated heterocycles. The zero-order valence-corrected chi connectivity index (χ0v) is 55.1. The Hall–Kier alpha value is -2.19. The third-order valence-corrected chi connectivity index (χ3v) is 23.9. The van der Waals surface area contributed by atoms with Crippen LogP contribution in [0.3, 0.4) is 0 Å². The zero-order valence-electron chi connectivity index (χ0n) is 55.1. The van der Waals surface area contributed by atoms with Gasteiger partial charge in [0.2, 0.25) is 6.29 Å². The lowest BCUT2D eigenvalue weighted by molar-refractivity contribution is -0.389.